The Kier molecular flexibility index (Phi) is 38.7. The summed E-state index contributed by atoms with van der Waals surface area (Å²) in [6.07, 6.45) is 37.6. The minimum Gasteiger partial charge on any atom is -0.466 e. The molecule has 6 heteroatoms. The molecule has 0 spiro atoms. The van der Waals surface area contributed by atoms with Gasteiger partial charge in [-0.05, 0) is 64.1 Å². The summed E-state index contributed by atoms with van der Waals surface area (Å²) in [7, 11) is 0. The summed E-state index contributed by atoms with van der Waals surface area (Å²) in [6, 6.07) is 0. The highest BCUT2D eigenvalue weighted by molar-refractivity contribution is 5.78. The van der Waals surface area contributed by atoms with Crippen LogP contribution in [0, 0.1) is 5.92 Å². The van der Waals surface area contributed by atoms with Gasteiger partial charge in [0.05, 0.1) is 6.61 Å². The molecule has 0 saturated carbocycles. The Morgan fingerprint density at radius 2 is 0.941 bits per heavy atom. The molecule has 0 aromatic carbocycles. The van der Waals surface area contributed by atoms with Crippen molar-refractivity contribution < 1.29 is 19.1 Å². The Bertz CT molecular complexity index is 773. The van der Waals surface area contributed by atoms with Crippen LogP contribution >= 0.6 is 0 Å². The fraction of sp³-hybridized carbons (Fsp3) is 0.933. The Hall–Kier alpha value is -1.43. The van der Waals surface area contributed by atoms with E-state index >= 15 is 0 Å². The number of esters is 1. The lowest BCUT2D eigenvalue weighted by Gasteiger charge is -2.22. The molecule has 1 atom stereocenters. The highest BCUT2D eigenvalue weighted by Crippen LogP contribution is 2.23. The number of unbranched alkanes of at least 4 members (excludes halogenated alkanes) is 21. The van der Waals surface area contributed by atoms with Crippen molar-refractivity contribution in [1.29, 1.82) is 0 Å². The van der Waals surface area contributed by atoms with E-state index in [-0.39, 0.29) is 11.9 Å². The molecule has 1 unspecified atom stereocenters. The summed E-state index contributed by atoms with van der Waals surface area (Å²) >= 11 is 0. The summed E-state index contributed by atoms with van der Waals surface area (Å²) in [5.74, 6) is 1.14. The number of nitrogens with one attached hydrogen (secondary N) is 1. The Balaban J connectivity index is 4.16. The van der Waals surface area contributed by atoms with Gasteiger partial charge in [0.25, 0.3) is 0 Å². The van der Waals surface area contributed by atoms with E-state index in [1.807, 2.05) is 0 Å². The number of ether oxygens (including phenoxy) is 1. The number of hydrogen-bond acceptors (Lipinski definition) is 5. The zero-order valence-corrected chi connectivity index (χ0v) is 34.8. The minimum atomic E-state index is -0.0248. The molecule has 1 N–H and O–H groups in total. The number of ketones is 1. The molecule has 51 heavy (non-hydrogen) atoms. The van der Waals surface area contributed by atoms with Gasteiger partial charge in [0.15, 0.2) is 0 Å². The lowest BCUT2D eigenvalue weighted by Crippen LogP contribution is -2.30. The van der Waals surface area contributed by atoms with Crippen LogP contribution in [0.15, 0.2) is 0 Å². The number of Topliss-reactive ketones (excluding diaryl/α,β-unsaturated/α-hetero) is 1. The Morgan fingerprint density at radius 1 is 0.510 bits per heavy atom. The normalized spacial score (nSPS) is 12.0. The van der Waals surface area contributed by atoms with E-state index in [0.717, 1.165) is 71.1 Å². The molecule has 0 saturated heterocycles. The number of amides is 1. The van der Waals surface area contributed by atoms with Gasteiger partial charge in [-0.15, -0.1) is 0 Å². The molecule has 0 aliphatic carbocycles. The topological polar surface area (TPSA) is 75.7 Å². The number of hydrogen-bond donors (Lipinski definition) is 1. The average molecular weight is 721 g/mol. The van der Waals surface area contributed by atoms with E-state index in [9.17, 15) is 14.4 Å². The molecule has 0 bridgehead atoms. The van der Waals surface area contributed by atoms with E-state index in [2.05, 4.69) is 31.0 Å². The van der Waals surface area contributed by atoms with Crippen LogP contribution in [0.3, 0.4) is 0 Å². The van der Waals surface area contributed by atoms with E-state index in [4.69, 9.17) is 4.74 Å². The Labute approximate surface area is 318 Å². The van der Waals surface area contributed by atoms with Crippen LogP contribution in [0.1, 0.15) is 233 Å². The molecule has 0 aliphatic heterocycles. The monoisotopic (exact) mass is 721 g/mol. The molecular weight excluding hydrogens is 633 g/mol. The molecule has 1 amide bonds. The number of rotatable bonds is 41. The first-order valence-electron chi connectivity index (χ1n) is 22.6. The van der Waals surface area contributed by atoms with Crippen LogP contribution in [0.5, 0.6) is 0 Å². The van der Waals surface area contributed by atoms with Crippen molar-refractivity contribution >= 4 is 17.7 Å². The highest BCUT2D eigenvalue weighted by Gasteiger charge is 2.14. The van der Waals surface area contributed by atoms with Crippen molar-refractivity contribution in [1.82, 2.24) is 10.2 Å². The second-order valence-corrected chi connectivity index (χ2v) is 15.7. The zero-order chi connectivity index (χ0) is 37.5. The minimum absolute atomic E-state index is 0.0248. The van der Waals surface area contributed by atoms with Crippen molar-refractivity contribution in [3.05, 3.63) is 0 Å². The lowest BCUT2D eigenvalue weighted by atomic mass is 9.89. The molecule has 0 radical (unpaired) electrons. The molecule has 0 heterocycles. The van der Waals surface area contributed by atoms with Gasteiger partial charge in [-0.3, -0.25) is 14.4 Å². The Morgan fingerprint density at radius 3 is 1.49 bits per heavy atom. The van der Waals surface area contributed by atoms with Crippen molar-refractivity contribution in [2.75, 3.05) is 32.8 Å². The second-order valence-electron chi connectivity index (χ2n) is 15.7. The first kappa shape index (κ1) is 49.6. The van der Waals surface area contributed by atoms with Crippen LogP contribution in [0.25, 0.3) is 0 Å². The van der Waals surface area contributed by atoms with Gasteiger partial charge in [0.1, 0.15) is 5.78 Å². The van der Waals surface area contributed by atoms with Crippen molar-refractivity contribution in [2.24, 2.45) is 5.92 Å². The summed E-state index contributed by atoms with van der Waals surface area (Å²) in [5.41, 5.74) is 0. The average Bonchev–Trinajstić information content (AvgIpc) is 3.11. The quantitative estimate of drug-likeness (QED) is 0.0503. The van der Waals surface area contributed by atoms with Gasteiger partial charge in [0.2, 0.25) is 5.91 Å². The van der Waals surface area contributed by atoms with E-state index < -0.39 is 0 Å². The molecule has 6 nitrogen and oxygen atoms in total. The van der Waals surface area contributed by atoms with Crippen molar-refractivity contribution in [3.8, 4) is 0 Å². The maximum absolute atomic E-state index is 12.9. The van der Waals surface area contributed by atoms with Crippen LogP contribution in [0.4, 0.5) is 0 Å². The largest absolute Gasteiger partial charge is 0.466 e. The first-order chi connectivity index (χ1) is 24.9. The maximum Gasteiger partial charge on any atom is 0.305 e. The van der Waals surface area contributed by atoms with E-state index in [1.54, 1.807) is 6.92 Å². The predicted molar refractivity (Wildman–Crippen MR) is 219 cm³/mol. The fourth-order valence-electron chi connectivity index (χ4n) is 7.21. The van der Waals surface area contributed by atoms with Gasteiger partial charge in [-0.1, -0.05) is 168 Å². The van der Waals surface area contributed by atoms with Crippen molar-refractivity contribution in [3.63, 3.8) is 0 Å². The van der Waals surface area contributed by atoms with Crippen LogP contribution in [0.2, 0.25) is 0 Å². The summed E-state index contributed by atoms with van der Waals surface area (Å²) in [5, 5.41) is 2.94. The van der Waals surface area contributed by atoms with Gasteiger partial charge < -0.3 is 15.0 Å². The number of carbonyl (C=O) groups is 3. The van der Waals surface area contributed by atoms with Crippen LogP contribution < -0.4 is 5.32 Å². The lowest BCUT2D eigenvalue weighted by molar-refractivity contribution is -0.144. The molecule has 0 fully saturated rings. The van der Waals surface area contributed by atoms with Crippen molar-refractivity contribution in [2.45, 2.75) is 233 Å². The van der Waals surface area contributed by atoms with E-state index in [1.165, 1.54) is 154 Å². The SMILES string of the molecule is CCCCCCCCCOC(=O)CCCCCCCN(CCCCCCCC(=O)CC(CCCCCC)CCCCCCC)CCCNC(C)=O. The molecule has 0 aliphatic rings. The van der Waals surface area contributed by atoms with E-state index in [0.29, 0.717) is 24.7 Å². The number of nitrogens with zero attached hydrogens (tertiary/aromatic N) is 1. The van der Waals surface area contributed by atoms with Gasteiger partial charge >= 0.3 is 5.97 Å². The highest BCUT2D eigenvalue weighted by atomic mass is 16.5. The molecule has 0 aromatic rings. The van der Waals surface area contributed by atoms with Gasteiger partial charge in [0, 0.05) is 32.7 Å². The predicted octanol–water partition coefficient (Wildman–Crippen LogP) is 12.7. The maximum atomic E-state index is 12.9. The molecule has 302 valence electrons. The molecule has 0 aromatic heterocycles. The standard InChI is InChI=1S/C45H88N2O4/c1-5-8-11-14-15-23-30-40-51-45(50)35-27-20-17-22-29-38-47(39-31-36-46-42(4)48)37-28-21-16-19-26-34-44(49)41-43(32-24-13-10-7-3)33-25-18-12-9-6-2/h43H,5-41H2,1-4H3,(H,46,48). The zero-order valence-electron chi connectivity index (χ0n) is 34.8. The second kappa shape index (κ2) is 39.8. The van der Waals surface area contributed by atoms with Crippen LogP contribution in [-0.2, 0) is 19.1 Å². The summed E-state index contributed by atoms with van der Waals surface area (Å²) < 4.78 is 5.43. The third-order valence-electron chi connectivity index (χ3n) is 10.5. The summed E-state index contributed by atoms with van der Waals surface area (Å²) in [6.45, 7) is 12.9. The van der Waals surface area contributed by atoms with Gasteiger partial charge in [-0.25, -0.2) is 0 Å². The molecule has 0 rings (SSSR count). The smallest absolute Gasteiger partial charge is 0.305 e. The fourth-order valence-corrected chi connectivity index (χ4v) is 7.21. The first-order valence-corrected chi connectivity index (χ1v) is 22.6. The summed E-state index contributed by atoms with van der Waals surface area (Å²) in [4.78, 5) is 38.8. The third-order valence-corrected chi connectivity index (χ3v) is 10.5. The molecular formula is C45H88N2O4. The third kappa shape index (κ3) is 38.1. The number of carbonyl (C=O) groups excluding carboxylic acids is 3. The van der Waals surface area contributed by atoms with Crippen LogP contribution in [-0.4, -0.2) is 55.3 Å². The van der Waals surface area contributed by atoms with Gasteiger partial charge in [-0.2, -0.15) is 0 Å².